The molecule has 0 saturated carbocycles. The molecule has 2 amide bonds. The quantitative estimate of drug-likeness (QED) is 0.525. The van der Waals surface area contributed by atoms with E-state index in [1.165, 1.54) is 11.0 Å². The van der Waals surface area contributed by atoms with Gasteiger partial charge in [0.25, 0.3) is 0 Å². The fourth-order valence-corrected chi connectivity index (χ4v) is 4.42. The number of nitrogens with zero attached hydrogens (tertiary/aromatic N) is 2. The molecule has 0 fully saturated rings. The van der Waals surface area contributed by atoms with Crippen LogP contribution >= 0.6 is 11.6 Å². The Morgan fingerprint density at radius 1 is 1.09 bits per heavy atom. The third-order valence-electron chi connectivity index (χ3n) is 5.73. The molecule has 0 unspecified atom stereocenters. The zero-order valence-electron chi connectivity index (χ0n) is 20.6. The van der Waals surface area contributed by atoms with Crippen LogP contribution in [0.1, 0.15) is 43.9 Å². The number of carbonyl (C=O) groups is 2. The summed E-state index contributed by atoms with van der Waals surface area (Å²) >= 11 is 6.21. The Hall–Kier alpha value is -2.58. The largest absolute Gasteiger partial charge is 0.352 e. The number of sulfonamides is 1. The summed E-state index contributed by atoms with van der Waals surface area (Å²) in [5, 5.41) is 3.31. The Balaban J connectivity index is 2.41. The van der Waals surface area contributed by atoms with Crippen LogP contribution in [0.25, 0.3) is 0 Å². The van der Waals surface area contributed by atoms with Crippen LogP contribution < -0.4 is 9.62 Å². The van der Waals surface area contributed by atoms with Crippen LogP contribution in [0.15, 0.2) is 42.5 Å². The number of carbonyl (C=O) groups excluding carboxylic acids is 2. The number of rotatable bonds is 10. The van der Waals surface area contributed by atoms with Gasteiger partial charge in [0.05, 0.1) is 11.9 Å². The zero-order valence-corrected chi connectivity index (χ0v) is 22.2. The van der Waals surface area contributed by atoms with Gasteiger partial charge >= 0.3 is 0 Å². The number of aryl methyl sites for hydroxylation is 2. The lowest BCUT2D eigenvalue weighted by Gasteiger charge is -2.32. The number of anilines is 1. The SMILES string of the molecule is CC[C@H](C)NC(=O)[C@H](C)N(Cc1cccc(C)c1)C(=O)CN(c1ccc(C)c(Cl)c1)S(C)(=O)=O. The first-order valence-corrected chi connectivity index (χ1v) is 13.4. The van der Waals surface area contributed by atoms with Crippen LogP contribution in [-0.4, -0.2) is 50.0 Å². The van der Waals surface area contributed by atoms with Crippen molar-refractivity contribution >= 4 is 39.1 Å². The highest BCUT2D eigenvalue weighted by molar-refractivity contribution is 7.92. The first-order chi connectivity index (χ1) is 15.8. The Labute approximate surface area is 208 Å². The molecule has 0 spiro atoms. The predicted molar refractivity (Wildman–Crippen MR) is 137 cm³/mol. The molecule has 0 radical (unpaired) electrons. The smallest absolute Gasteiger partial charge is 0.244 e. The maximum Gasteiger partial charge on any atom is 0.244 e. The van der Waals surface area contributed by atoms with Crippen molar-refractivity contribution < 1.29 is 18.0 Å². The Morgan fingerprint density at radius 2 is 1.76 bits per heavy atom. The monoisotopic (exact) mass is 507 g/mol. The highest BCUT2D eigenvalue weighted by atomic mass is 35.5. The van der Waals surface area contributed by atoms with Crippen molar-refractivity contribution in [3.8, 4) is 0 Å². The summed E-state index contributed by atoms with van der Waals surface area (Å²) in [6, 6.07) is 11.6. The molecule has 1 N–H and O–H groups in total. The molecule has 9 heteroatoms. The van der Waals surface area contributed by atoms with E-state index in [1.807, 2.05) is 52.0 Å². The lowest BCUT2D eigenvalue weighted by molar-refractivity contribution is -0.139. The molecule has 34 heavy (non-hydrogen) atoms. The zero-order chi connectivity index (χ0) is 25.6. The lowest BCUT2D eigenvalue weighted by atomic mass is 10.1. The van der Waals surface area contributed by atoms with E-state index in [4.69, 9.17) is 11.6 Å². The molecule has 2 atom stereocenters. The van der Waals surface area contributed by atoms with Crippen molar-refractivity contribution in [1.29, 1.82) is 0 Å². The molecule has 2 rings (SSSR count). The van der Waals surface area contributed by atoms with Gasteiger partial charge in [-0.3, -0.25) is 13.9 Å². The molecular weight excluding hydrogens is 474 g/mol. The summed E-state index contributed by atoms with van der Waals surface area (Å²) < 4.78 is 26.2. The standard InChI is InChI=1S/C25H34ClN3O4S/c1-7-19(4)27-25(31)20(5)28(15-21-10-8-9-17(2)13-21)24(30)16-29(34(6,32)33)22-12-11-18(3)23(26)14-22/h8-14,19-20H,7,15-16H2,1-6H3,(H,27,31)/t19-,20-/m0/s1. The van der Waals surface area contributed by atoms with Crippen molar-refractivity contribution in [2.24, 2.45) is 0 Å². The van der Waals surface area contributed by atoms with Crippen molar-refractivity contribution in [1.82, 2.24) is 10.2 Å². The van der Waals surface area contributed by atoms with Gasteiger partial charge in [-0.15, -0.1) is 0 Å². The Kier molecular flexibility index (Phi) is 9.53. The number of hydrogen-bond acceptors (Lipinski definition) is 4. The summed E-state index contributed by atoms with van der Waals surface area (Å²) in [5.74, 6) is -0.782. The van der Waals surface area contributed by atoms with E-state index < -0.39 is 28.5 Å². The fourth-order valence-electron chi connectivity index (χ4n) is 3.41. The second kappa shape index (κ2) is 11.7. The Morgan fingerprint density at radius 3 is 2.32 bits per heavy atom. The lowest BCUT2D eigenvalue weighted by Crippen LogP contribution is -2.52. The molecule has 0 aliphatic heterocycles. The van der Waals surface area contributed by atoms with Crippen LogP contribution in [-0.2, 0) is 26.2 Å². The van der Waals surface area contributed by atoms with Gasteiger partial charge in [0.15, 0.2) is 0 Å². The summed E-state index contributed by atoms with van der Waals surface area (Å²) in [7, 11) is -3.80. The second-order valence-electron chi connectivity index (χ2n) is 8.71. The minimum Gasteiger partial charge on any atom is -0.352 e. The fraction of sp³-hybridized carbons (Fsp3) is 0.440. The second-order valence-corrected chi connectivity index (χ2v) is 11.0. The van der Waals surface area contributed by atoms with Crippen LogP contribution in [0.2, 0.25) is 5.02 Å². The van der Waals surface area contributed by atoms with Gasteiger partial charge < -0.3 is 10.2 Å². The number of hydrogen-bond donors (Lipinski definition) is 1. The number of benzene rings is 2. The topological polar surface area (TPSA) is 86.8 Å². The van der Waals surface area contributed by atoms with E-state index in [0.717, 1.165) is 33.7 Å². The normalized spacial score (nSPS) is 13.1. The third kappa shape index (κ3) is 7.46. The molecule has 7 nitrogen and oxygen atoms in total. The van der Waals surface area contributed by atoms with E-state index in [-0.39, 0.29) is 18.5 Å². The van der Waals surface area contributed by atoms with E-state index >= 15 is 0 Å². The van der Waals surface area contributed by atoms with Gasteiger partial charge in [-0.1, -0.05) is 54.4 Å². The van der Waals surface area contributed by atoms with E-state index in [9.17, 15) is 18.0 Å². The maximum atomic E-state index is 13.5. The van der Waals surface area contributed by atoms with Crippen LogP contribution in [0.3, 0.4) is 0 Å². The summed E-state index contributed by atoms with van der Waals surface area (Å²) in [4.78, 5) is 27.8. The summed E-state index contributed by atoms with van der Waals surface area (Å²) in [6.07, 6.45) is 1.79. The number of amides is 2. The Bertz CT molecular complexity index is 1140. The van der Waals surface area contributed by atoms with Crippen molar-refractivity contribution in [2.45, 2.75) is 59.7 Å². The highest BCUT2D eigenvalue weighted by Crippen LogP contribution is 2.25. The summed E-state index contributed by atoms with van der Waals surface area (Å²) in [5.41, 5.74) is 2.95. The van der Waals surface area contributed by atoms with E-state index in [2.05, 4.69) is 5.32 Å². The van der Waals surface area contributed by atoms with Gasteiger partial charge in [-0.25, -0.2) is 8.42 Å². The first-order valence-electron chi connectivity index (χ1n) is 11.2. The molecule has 0 saturated heterocycles. The van der Waals surface area contributed by atoms with E-state index in [0.29, 0.717) is 10.7 Å². The van der Waals surface area contributed by atoms with E-state index in [1.54, 1.807) is 19.1 Å². The molecular formula is C25H34ClN3O4S. The molecule has 0 aliphatic rings. The molecule has 0 aromatic heterocycles. The van der Waals surface area contributed by atoms with Gasteiger partial charge in [-0.05, 0) is 57.4 Å². The van der Waals surface area contributed by atoms with Gasteiger partial charge in [0, 0.05) is 17.6 Å². The summed E-state index contributed by atoms with van der Waals surface area (Å²) in [6.45, 7) is 8.97. The van der Waals surface area contributed by atoms with Gasteiger partial charge in [-0.2, -0.15) is 0 Å². The van der Waals surface area contributed by atoms with Crippen molar-refractivity contribution in [2.75, 3.05) is 17.1 Å². The minimum absolute atomic E-state index is 0.0481. The molecule has 0 aliphatic carbocycles. The molecule has 0 bridgehead atoms. The number of halogens is 1. The molecule has 186 valence electrons. The third-order valence-corrected chi connectivity index (χ3v) is 7.27. The molecule has 0 heterocycles. The predicted octanol–water partition coefficient (Wildman–Crippen LogP) is 4.05. The van der Waals surface area contributed by atoms with Gasteiger partial charge in [0.1, 0.15) is 12.6 Å². The van der Waals surface area contributed by atoms with Gasteiger partial charge in [0.2, 0.25) is 21.8 Å². The van der Waals surface area contributed by atoms with Crippen LogP contribution in [0.5, 0.6) is 0 Å². The van der Waals surface area contributed by atoms with Crippen molar-refractivity contribution in [3.05, 3.63) is 64.2 Å². The van der Waals surface area contributed by atoms with Crippen LogP contribution in [0, 0.1) is 13.8 Å². The first kappa shape index (κ1) is 27.7. The van der Waals surface area contributed by atoms with Crippen molar-refractivity contribution in [3.63, 3.8) is 0 Å². The minimum atomic E-state index is -3.80. The number of nitrogens with one attached hydrogen (secondary N) is 1. The molecule has 2 aromatic rings. The molecule has 2 aromatic carbocycles. The van der Waals surface area contributed by atoms with Crippen LogP contribution in [0.4, 0.5) is 5.69 Å². The highest BCUT2D eigenvalue weighted by Gasteiger charge is 2.30. The average Bonchev–Trinajstić information content (AvgIpc) is 2.76. The average molecular weight is 508 g/mol. The maximum absolute atomic E-state index is 13.5.